The van der Waals surface area contributed by atoms with Gasteiger partial charge >= 0.3 is 5.97 Å². The van der Waals surface area contributed by atoms with Gasteiger partial charge in [0, 0.05) is 18.7 Å². The van der Waals surface area contributed by atoms with E-state index >= 15 is 0 Å². The number of allylic oxidation sites excluding steroid dienone is 1. The predicted octanol–water partition coefficient (Wildman–Crippen LogP) is 7.15. The first-order valence-electron chi connectivity index (χ1n) is 12.3. The number of hydrogen-bond acceptors (Lipinski definition) is 4. The molecule has 0 spiro atoms. The number of hydrogen-bond donors (Lipinski definition) is 1. The Bertz CT molecular complexity index is 1440. The van der Waals surface area contributed by atoms with Gasteiger partial charge in [-0.3, -0.25) is 4.98 Å². The third-order valence-corrected chi connectivity index (χ3v) is 7.00. The summed E-state index contributed by atoms with van der Waals surface area (Å²) >= 11 is 0. The molecule has 0 amide bonds. The van der Waals surface area contributed by atoms with Gasteiger partial charge < -0.3 is 14.7 Å². The van der Waals surface area contributed by atoms with Crippen LogP contribution in [-0.2, 0) is 6.42 Å². The molecule has 1 aliphatic heterocycles. The fourth-order valence-corrected chi connectivity index (χ4v) is 5.19. The SMILES string of the molecule is O=C(O)c1ccc(-c2ccc(N3CCCC3c3ccccc3)cc2)cc1Oc1cnc2c(c1)C=CC2. The van der Waals surface area contributed by atoms with E-state index in [-0.39, 0.29) is 5.56 Å². The van der Waals surface area contributed by atoms with E-state index in [1.807, 2.05) is 18.2 Å². The van der Waals surface area contributed by atoms with Gasteiger partial charge in [0.25, 0.3) is 0 Å². The molecule has 2 aliphatic rings. The van der Waals surface area contributed by atoms with Crippen molar-refractivity contribution in [1.82, 2.24) is 4.98 Å². The van der Waals surface area contributed by atoms with E-state index in [4.69, 9.17) is 4.74 Å². The molecule has 1 aromatic heterocycles. The smallest absolute Gasteiger partial charge is 0.339 e. The van der Waals surface area contributed by atoms with Crippen LogP contribution in [-0.4, -0.2) is 22.6 Å². The van der Waals surface area contributed by atoms with E-state index in [1.54, 1.807) is 18.3 Å². The highest BCUT2D eigenvalue weighted by Gasteiger charge is 2.26. The third-order valence-electron chi connectivity index (χ3n) is 7.00. The molecular weight excluding hydrogens is 448 g/mol. The van der Waals surface area contributed by atoms with Crippen LogP contribution >= 0.6 is 0 Å². The van der Waals surface area contributed by atoms with Crippen LogP contribution in [0.3, 0.4) is 0 Å². The second kappa shape index (κ2) is 9.34. The van der Waals surface area contributed by atoms with Crippen molar-refractivity contribution < 1.29 is 14.6 Å². The summed E-state index contributed by atoms with van der Waals surface area (Å²) in [5, 5.41) is 9.72. The Kier molecular flexibility index (Phi) is 5.74. The molecule has 5 nitrogen and oxygen atoms in total. The number of aromatic carboxylic acids is 1. The Balaban J connectivity index is 1.27. The molecule has 1 saturated heterocycles. The maximum atomic E-state index is 11.9. The third kappa shape index (κ3) is 4.24. The Labute approximate surface area is 210 Å². The number of benzene rings is 3. The van der Waals surface area contributed by atoms with Gasteiger partial charge in [-0.05, 0) is 65.4 Å². The number of carbonyl (C=O) groups is 1. The standard InChI is InChI=1S/C31H26N2O3/c34-31(35)27-16-13-23(19-30(27)36-26-18-24-8-4-9-28(24)32-20-26)21-11-14-25(15-12-21)33-17-5-10-29(33)22-6-2-1-3-7-22/h1-4,6-8,11-16,18-20,29H,5,9-10,17H2,(H,34,35). The first kappa shape index (κ1) is 22.1. The number of fused-ring (bicyclic) bond motifs is 1. The van der Waals surface area contributed by atoms with Crippen molar-refractivity contribution in [2.45, 2.75) is 25.3 Å². The van der Waals surface area contributed by atoms with Crippen LogP contribution in [0.2, 0.25) is 0 Å². The van der Waals surface area contributed by atoms with Crippen LogP contribution in [0.15, 0.2) is 91.1 Å². The number of nitrogens with zero attached hydrogens (tertiary/aromatic N) is 2. The highest BCUT2D eigenvalue weighted by molar-refractivity contribution is 5.92. The molecule has 1 fully saturated rings. The van der Waals surface area contributed by atoms with E-state index in [1.165, 1.54) is 17.7 Å². The molecule has 1 N–H and O–H groups in total. The minimum absolute atomic E-state index is 0.120. The van der Waals surface area contributed by atoms with Crippen LogP contribution in [0, 0.1) is 0 Å². The molecule has 2 heterocycles. The van der Waals surface area contributed by atoms with Gasteiger partial charge in [0.1, 0.15) is 17.1 Å². The molecule has 1 unspecified atom stereocenters. The highest BCUT2D eigenvalue weighted by Crippen LogP contribution is 2.38. The summed E-state index contributed by atoms with van der Waals surface area (Å²) in [5.74, 6) is -0.199. The zero-order valence-corrected chi connectivity index (χ0v) is 19.8. The molecule has 3 aromatic carbocycles. The zero-order chi connectivity index (χ0) is 24.5. The summed E-state index contributed by atoms with van der Waals surface area (Å²) in [7, 11) is 0. The molecule has 0 saturated carbocycles. The molecular formula is C31H26N2O3. The Morgan fingerprint density at radius 3 is 2.58 bits per heavy atom. The van der Waals surface area contributed by atoms with Crippen LogP contribution in [0.4, 0.5) is 5.69 Å². The number of carboxylic acid groups (broad SMARTS) is 1. The van der Waals surface area contributed by atoms with Crippen molar-refractivity contribution in [2.75, 3.05) is 11.4 Å². The average molecular weight is 475 g/mol. The van der Waals surface area contributed by atoms with Gasteiger partial charge in [0.05, 0.1) is 17.9 Å². The first-order chi connectivity index (χ1) is 17.7. The van der Waals surface area contributed by atoms with Gasteiger partial charge in [0.2, 0.25) is 0 Å². The Morgan fingerprint density at radius 1 is 0.972 bits per heavy atom. The lowest BCUT2D eigenvalue weighted by molar-refractivity contribution is 0.0694. The lowest BCUT2D eigenvalue weighted by atomic mass is 10.0. The maximum absolute atomic E-state index is 11.9. The minimum Gasteiger partial charge on any atom is -0.478 e. The van der Waals surface area contributed by atoms with E-state index < -0.39 is 5.97 Å². The van der Waals surface area contributed by atoms with E-state index in [9.17, 15) is 9.90 Å². The fraction of sp³-hybridized carbons (Fsp3) is 0.161. The normalized spacial score (nSPS) is 16.2. The highest BCUT2D eigenvalue weighted by atomic mass is 16.5. The van der Waals surface area contributed by atoms with Gasteiger partial charge in [-0.25, -0.2) is 4.79 Å². The van der Waals surface area contributed by atoms with Crippen molar-refractivity contribution >= 4 is 17.7 Å². The predicted molar refractivity (Wildman–Crippen MR) is 142 cm³/mol. The van der Waals surface area contributed by atoms with Gasteiger partial charge in [-0.15, -0.1) is 0 Å². The van der Waals surface area contributed by atoms with E-state index in [2.05, 4.69) is 70.6 Å². The molecule has 0 bridgehead atoms. The number of rotatable bonds is 6. The lowest BCUT2D eigenvalue weighted by Crippen LogP contribution is -2.22. The van der Waals surface area contributed by atoms with Crippen LogP contribution < -0.4 is 9.64 Å². The molecule has 36 heavy (non-hydrogen) atoms. The maximum Gasteiger partial charge on any atom is 0.339 e. The van der Waals surface area contributed by atoms with Gasteiger partial charge in [-0.2, -0.15) is 0 Å². The number of ether oxygens (including phenoxy) is 1. The van der Waals surface area contributed by atoms with Gasteiger partial charge in [0.15, 0.2) is 0 Å². The van der Waals surface area contributed by atoms with Gasteiger partial charge in [-0.1, -0.05) is 60.7 Å². The average Bonchev–Trinajstić information content (AvgIpc) is 3.59. The topological polar surface area (TPSA) is 62.7 Å². The Hall–Kier alpha value is -4.38. The summed E-state index contributed by atoms with van der Waals surface area (Å²) in [6.45, 7) is 1.04. The number of aromatic nitrogens is 1. The summed E-state index contributed by atoms with van der Waals surface area (Å²) in [6, 6.07) is 26.7. The van der Waals surface area contributed by atoms with Crippen molar-refractivity contribution in [3.05, 3.63) is 114 Å². The van der Waals surface area contributed by atoms with Crippen molar-refractivity contribution in [3.63, 3.8) is 0 Å². The first-order valence-corrected chi connectivity index (χ1v) is 12.3. The number of anilines is 1. The lowest BCUT2D eigenvalue weighted by Gasteiger charge is -2.27. The largest absolute Gasteiger partial charge is 0.478 e. The summed E-state index contributed by atoms with van der Waals surface area (Å²) in [4.78, 5) is 18.8. The van der Waals surface area contributed by atoms with Crippen molar-refractivity contribution in [1.29, 1.82) is 0 Å². The second-order valence-electron chi connectivity index (χ2n) is 9.24. The van der Waals surface area contributed by atoms with Crippen molar-refractivity contribution in [3.8, 4) is 22.6 Å². The molecule has 1 aliphatic carbocycles. The van der Waals surface area contributed by atoms with Crippen LogP contribution in [0.1, 0.15) is 46.1 Å². The fourth-order valence-electron chi connectivity index (χ4n) is 5.19. The summed E-state index contributed by atoms with van der Waals surface area (Å²) in [6.07, 6.45) is 8.85. The zero-order valence-electron chi connectivity index (χ0n) is 19.8. The van der Waals surface area contributed by atoms with E-state index in [0.29, 0.717) is 17.5 Å². The van der Waals surface area contributed by atoms with Crippen LogP contribution in [0.25, 0.3) is 17.2 Å². The second-order valence-corrected chi connectivity index (χ2v) is 9.24. The molecule has 178 valence electrons. The molecule has 1 atom stereocenters. The van der Waals surface area contributed by atoms with Crippen molar-refractivity contribution in [2.24, 2.45) is 0 Å². The summed E-state index contributed by atoms with van der Waals surface area (Å²) < 4.78 is 6.04. The quantitative estimate of drug-likeness (QED) is 0.321. The number of carboxylic acids is 1. The summed E-state index contributed by atoms with van der Waals surface area (Å²) in [5.41, 5.74) is 6.58. The minimum atomic E-state index is -1.03. The monoisotopic (exact) mass is 474 g/mol. The van der Waals surface area contributed by atoms with Crippen LogP contribution in [0.5, 0.6) is 11.5 Å². The Morgan fingerprint density at radius 2 is 1.78 bits per heavy atom. The molecule has 6 rings (SSSR count). The number of pyridine rings is 1. The molecule has 0 radical (unpaired) electrons. The molecule has 5 heteroatoms. The molecule has 4 aromatic rings. The van der Waals surface area contributed by atoms with E-state index in [0.717, 1.165) is 41.8 Å².